The number of nitrogens with zero attached hydrogens (tertiary/aromatic N) is 1. The normalized spacial score (nSPS) is 12.5. The molecule has 8 nitrogen and oxygen atoms in total. The number of hydrogen-bond acceptors (Lipinski definition) is 6. The number of aromatic amines is 1. The SMILES string of the molecule is COCCNC(=O)CCn1c(=S)[nH]c2cc3c(cc2c1=O)OCO3. The van der Waals surface area contributed by atoms with Gasteiger partial charge in [-0.1, -0.05) is 0 Å². The molecular weight excluding hydrogens is 334 g/mol. The summed E-state index contributed by atoms with van der Waals surface area (Å²) in [4.78, 5) is 27.4. The lowest BCUT2D eigenvalue weighted by atomic mass is 10.2. The molecule has 0 fully saturated rings. The quantitative estimate of drug-likeness (QED) is 0.594. The van der Waals surface area contributed by atoms with Gasteiger partial charge in [0, 0.05) is 32.7 Å². The van der Waals surface area contributed by atoms with E-state index in [1.165, 1.54) is 4.57 Å². The molecule has 0 saturated heterocycles. The zero-order chi connectivity index (χ0) is 17.1. The van der Waals surface area contributed by atoms with Crippen LogP contribution in [0.3, 0.4) is 0 Å². The molecule has 0 bridgehead atoms. The fourth-order valence-corrected chi connectivity index (χ4v) is 2.72. The van der Waals surface area contributed by atoms with Crippen molar-refractivity contribution in [2.45, 2.75) is 13.0 Å². The number of H-pyrrole nitrogens is 1. The number of nitrogens with one attached hydrogen (secondary N) is 2. The minimum atomic E-state index is -0.267. The lowest BCUT2D eigenvalue weighted by Crippen LogP contribution is -2.30. The maximum Gasteiger partial charge on any atom is 0.262 e. The van der Waals surface area contributed by atoms with Gasteiger partial charge >= 0.3 is 0 Å². The molecule has 1 aliphatic rings. The first-order valence-corrected chi connectivity index (χ1v) is 7.83. The molecule has 1 amide bonds. The lowest BCUT2D eigenvalue weighted by molar-refractivity contribution is -0.121. The van der Waals surface area contributed by atoms with Gasteiger partial charge in [-0.2, -0.15) is 0 Å². The van der Waals surface area contributed by atoms with Gasteiger partial charge in [0.05, 0.1) is 17.5 Å². The van der Waals surface area contributed by atoms with Crippen LogP contribution < -0.4 is 20.3 Å². The minimum absolute atomic E-state index is 0.127. The van der Waals surface area contributed by atoms with Crippen molar-refractivity contribution in [2.75, 3.05) is 27.1 Å². The van der Waals surface area contributed by atoms with Gasteiger partial charge in [0.25, 0.3) is 5.56 Å². The third-order valence-corrected chi connectivity index (χ3v) is 3.99. The first-order chi connectivity index (χ1) is 11.6. The molecule has 0 spiro atoms. The van der Waals surface area contributed by atoms with Gasteiger partial charge in [0.1, 0.15) is 0 Å². The summed E-state index contributed by atoms with van der Waals surface area (Å²) >= 11 is 5.24. The van der Waals surface area contributed by atoms with E-state index in [-0.39, 0.29) is 36.0 Å². The Balaban J connectivity index is 1.83. The monoisotopic (exact) mass is 351 g/mol. The fourth-order valence-electron chi connectivity index (χ4n) is 2.44. The third-order valence-electron chi connectivity index (χ3n) is 3.67. The van der Waals surface area contributed by atoms with Crippen molar-refractivity contribution >= 4 is 29.0 Å². The highest BCUT2D eigenvalue weighted by Crippen LogP contribution is 2.34. The standard InChI is InChI=1S/C15H17N3O5S/c1-21-5-3-16-13(19)2-4-18-14(20)9-6-11-12(23-8-22-11)7-10(9)17-15(18)24/h6-7H,2-5,8H2,1H3,(H,16,19)(H,17,24). The molecule has 9 heteroatoms. The maximum absolute atomic E-state index is 12.7. The zero-order valence-corrected chi connectivity index (χ0v) is 13.9. The fraction of sp³-hybridized carbons (Fsp3) is 0.400. The summed E-state index contributed by atoms with van der Waals surface area (Å²) in [6.45, 7) is 1.19. The number of rotatable bonds is 6. The Morgan fingerprint density at radius 1 is 1.42 bits per heavy atom. The Morgan fingerprint density at radius 3 is 2.92 bits per heavy atom. The van der Waals surface area contributed by atoms with Crippen LogP contribution in [0.2, 0.25) is 0 Å². The predicted molar refractivity (Wildman–Crippen MR) is 89.0 cm³/mol. The number of hydrogen-bond donors (Lipinski definition) is 2. The van der Waals surface area contributed by atoms with Gasteiger partial charge in [0.2, 0.25) is 12.7 Å². The van der Waals surface area contributed by atoms with Crippen molar-refractivity contribution in [2.24, 2.45) is 0 Å². The number of fused-ring (bicyclic) bond motifs is 2. The number of carbonyl (C=O) groups excluding carboxylic acids is 1. The van der Waals surface area contributed by atoms with Gasteiger partial charge in [-0.25, -0.2) is 0 Å². The summed E-state index contributed by atoms with van der Waals surface area (Å²) in [6, 6.07) is 3.32. The number of carbonyl (C=O) groups is 1. The van der Waals surface area contributed by atoms with Crippen LogP contribution >= 0.6 is 12.2 Å². The van der Waals surface area contributed by atoms with Crippen LogP contribution in [0.1, 0.15) is 6.42 Å². The number of methoxy groups -OCH3 is 1. The third kappa shape index (κ3) is 3.26. The lowest BCUT2D eigenvalue weighted by Gasteiger charge is -2.09. The van der Waals surface area contributed by atoms with Crippen molar-refractivity contribution in [3.8, 4) is 11.5 Å². The van der Waals surface area contributed by atoms with Crippen LogP contribution in [0.15, 0.2) is 16.9 Å². The van der Waals surface area contributed by atoms with Crippen LogP contribution in [0.5, 0.6) is 11.5 Å². The Kier molecular flexibility index (Phi) is 4.81. The van der Waals surface area contributed by atoms with Gasteiger partial charge in [-0.3, -0.25) is 14.2 Å². The summed E-state index contributed by atoms with van der Waals surface area (Å²) in [5.74, 6) is 0.927. The van der Waals surface area contributed by atoms with E-state index in [1.54, 1.807) is 19.2 Å². The topological polar surface area (TPSA) is 94.6 Å². The van der Waals surface area contributed by atoms with E-state index in [0.29, 0.717) is 35.6 Å². The Bertz CT molecular complexity index is 889. The van der Waals surface area contributed by atoms with Crippen LogP contribution in [-0.4, -0.2) is 42.5 Å². The van der Waals surface area contributed by atoms with Crippen molar-refractivity contribution in [1.82, 2.24) is 14.9 Å². The summed E-state index contributed by atoms with van der Waals surface area (Å²) < 4.78 is 17.1. The highest BCUT2D eigenvalue weighted by molar-refractivity contribution is 7.71. The van der Waals surface area contributed by atoms with E-state index >= 15 is 0 Å². The van der Waals surface area contributed by atoms with E-state index in [9.17, 15) is 9.59 Å². The molecule has 1 aliphatic heterocycles. The maximum atomic E-state index is 12.7. The molecule has 2 aromatic rings. The molecule has 1 aromatic carbocycles. The molecule has 0 saturated carbocycles. The van der Waals surface area contributed by atoms with Crippen molar-refractivity contribution in [1.29, 1.82) is 0 Å². The van der Waals surface area contributed by atoms with Crippen LogP contribution in [0, 0.1) is 4.77 Å². The van der Waals surface area contributed by atoms with Gasteiger partial charge in [-0.15, -0.1) is 0 Å². The van der Waals surface area contributed by atoms with Gasteiger partial charge in [0.15, 0.2) is 16.3 Å². The van der Waals surface area contributed by atoms with Crippen LogP contribution in [0.25, 0.3) is 10.9 Å². The summed E-state index contributed by atoms with van der Waals surface area (Å²) in [5.41, 5.74) is 0.312. The number of ether oxygens (including phenoxy) is 3. The minimum Gasteiger partial charge on any atom is -0.454 e. The molecule has 3 rings (SSSR count). The van der Waals surface area contributed by atoms with Crippen LogP contribution in [0.4, 0.5) is 0 Å². The largest absolute Gasteiger partial charge is 0.454 e. The van der Waals surface area contributed by atoms with E-state index in [4.69, 9.17) is 26.4 Å². The zero-order valence-electron chi connectivity index (χ0n) is 13.1. The molecule has 24 heavy (non-hydrogen) atoms. The van der Waals surface area contributed by atoms with E-state index in [2.05, 4.69) is 10.3 Å². The molecule has 1 aromatic heterocycles. The molecule has 128 valence electrons. The average molecular weight is 351 g/mol. The van der Waals surface area contributed by atoms with Crippen molar-refractivity contribution in [3.05, 3.63) is 27.3 Å². The highest BCUT2D eigenvalue weighted by atomic mass is 32.1. The molecule has 0 radical (unpaired) electrons. The van der Waals surface area contributed by atoms with E-state index in [0.717, 1.165) is 0 Å². The number of aromatic nitrogens is 2. The summed E-state index contributed by atoms with van der Waals surface area (Å²) in [6.07, 6.45) is 0.150. The van der Waals surface area contributed by atoms with E-state index in [1.807, 2.05) is 0 Å². The molecule has 0 atom stereocenters. The predicted octanol–water partition coefficient (Wildman–Crippen LogP) is 0.940. The van der Waals surface area contributed by atoms with Crippen molar-refractivity contribution < 1.29 is 19.0 Å². The second kappa shape index (κ2) is 7.02. The van der Waals surface area contributed by atoms with Crippen LogP contribution in [-0.2, 0) is 16.1 Å². The molecule has 2 N–H and O–H groups in total. The first-order valence-electron chi connectivity index (χ1n) is 7.42. The van der Waals surface area contributed by atoms with Gasteiger partial charge < -0.3 is 24.5 Å². The highest BCUT2D eigenvalue weighted by Gasteiger charge is 2.17. The summed E-state index contributed by atoms with van der Waals surface area (Å²) in [7, 11) is 1.56. The first kappa shape index (κ1) is 16.5. The Morgan fingerprint density at radius 2 is 2.17 bits per heavy atom. The number of benzene rings is 1. The molecule has 0 unspecified atom stereocenters. The summed E-state index contributed by atoms with van der Waals surface area (Å²) in [5, 5.41) is 3.14. The van der Waals surface area contributed by atoms with Crippen molar-refractivity contribution in [3.63, 3.8) is 0 Å². The second-order valence-electron chi connectivity index (χ2n) is 5.23. The van der Waals surface area contributed by atoms with E-state index < -0.39 is 0 Å². The van der Waals surface area contributed by atoms with Gasteiger partial charge in [-0.05, 0) is 18.3 Å². The number of amides is 1. The Hall–Kier alpha value is -2.39. The Labute approximate surface area is 142 Å². The molecule has 2 heterocycles. The second-order valence-corrected chi connectivity index (χ2v) is 5.62. The smallest absolute Gasteiger partial charge is 0.262 e. The molecule has 0 aliphatic carbocycles. The average Bonchev–Trinajstić information content (AvgIpc) is 3.00. The molecular formula is C15H17N3O5S.